The summed E-state index contributed by atoms with van der Waals surface area (Å²) in [7, 11) is 0. The standard InChI is InChI=1S/C16H24N2O2/c1-12(2)11-17-6-8-18(9-7-17)15-5-4-14(16(19)20)10-13(15)3/h4-5,10,12H,6-9,11H2,1-3H3,(H,19,20). The number of aromatic carboxylic acids is 1. The number of hydrogen-bond donors (Lipinski definition) is 1. The molecule has 1 aliphatic rings. The van der Waals surface area contributed by atoms with Crippen LogP contribution in [-0.4, -0.2) is 48.7 Å². The van der Waals surface area contributed by atoms with E-state index in [0.29, 0.717) is 11.5 Å². The van der Waals surface area contributed by atoms with Crippen LogP contribution in [0.15, 0.2) is 18.2 Å². The maximum atomic E-state index is 11.0. The van der Waals surface area contributed by atoms with E-state index in [1.165, 1.54) is 5.69 Å². The zero-order valence-corrected chi connectivity index (χ0v) is 12.6. The van der Waals surface area contributed by atoms with Crippen LogP contribution in [0, 0.1) is 12.8 Å². The van der Waals surface area contributed by atoms with E-state index < -0.39 is 5.97 Å². The molecular formula is C16H24N2O2. The summed E-state index contributed by atoms with van der Waals surface area (Å²) < 4.78 is 0. The van der Waals surface area contributed by atoms with E-state index in [-0.39, 0.29) is 0 Å². The molecule has 1 heterocycles. The fourth-order valence-electron chi connectivity index (χ4n) is 2.83. The highest BCUT2D eigenvalue weighted by Crippen LogP contribution is 2.23. The van der Waals surface area contributed by atoms with E-state index in [4.69, 9.17) is 5.11 Å². The largest absolute Gasteiger partial charge is 0.478 e. The molecule has 1 aromatic carbocycles. The van der Waals surface area contributed by atoms with E-state index in [1.807, 2.05) is 13.0 Å². The predicted octanol–water partition coefficient (Wildman–Crippen LogP) is 2.47. The lowest BCUT2D eigenvalue weighted by molar-refractivity contribution is 0.0697. The molecular weight excluding hydrogens is 252 g/mol. The molecule has 1 aromatic rings. The second kappa shape index (κ2) is 6.27. The minimum Gasteiger partial charge on any atom is -0.478 e. The average Bonchev–Trinajstić information content (AvgIpc) is 2.39. The summed E-state index contributed by atoms with van der Waals surface area (Å²) in [6.45, 7) is 11.8. The predicted molar refractivity (Wildman–Crippen MR) is 81.6 cm³/mol. The second-order valence-corrected chi connectivity index (χ2v) is 5.99. The Morgan fingerprint density at radius 2 is 1.90 bits per heavy atom. The van der Waals surface area contributed by atoms with E-state index in [9.17, 15) is 4.79 Å². The van der Waals surface area contributed by atoms with Gasteiger partial charge in [-0.05, 0) is 36.6 Å². The van der Waals surface area contributed by atoms with Crippen LogP contribution in [0.5, 0.6) is 0 Å². The number of hydrogen-bond acceptors (Lipinski definition) is 3. The number of rotatable bonds is 4. The summed E-state index contributed by atoms with van der Waals surface area (Å²) in [4.78, 5) is 15.8. The van der Waals surface area contributed by atoms with Crippen LogP contribution in [0.3, 0.4) is 0 Å². The van der Waals surface area contributed by atoms with Crippen molar-refractivity contribution in [2.45, 2.75) is 20.8 Å². The fraction of sp³-hybridized carbons (Fsp3) is 0.562. The first-order chi connectivity index (χ1) is 9.47. The molecule has 4 heteroatoms. The zero-order chi connectivity index (χ0) is 14.7. The maximum absolute atomic E-state index is 11.0. The fourth-order valence-corrected chi connectivity index (χ4v) is 2.83. The van der Waals surface area contributed by atoms with Crippen molar-refractivity contribution in [3.05, 3.63) is 29.3 Å². The summed E-state index contributed by atoms with van der Waals surface area (Å²) in [6.07, 6.45) is 0. The Morgan fingerprint density at radius 3 is 2.40 bits per heavy atom. The molecule has 0 aliphatic carbocycles. The van der Waals surface area contributed by atoms with Crippen molar-refractivity contribution < 1.29 is 9.90 Å². The molecule has 0 amide bonds. The molecule has 0 unspecified atom stereocenters. The van der Waals surface area contributed by atoms with Crippen LogP contribution >= 0.6 is 0 Å². The van der Waals surface area contributed by atoms with Gasteiger partial charge in [-0.15, -0.1) is 0 Å². The highest BCUT2D eigenvalue weighted by Gasteiger charge is 2.19. The average molecular weight is 276 g/mol. The minimum absolute atomic E-state index is 0.365. The normalized spacial score (nSPS) is 16.7. The number of carboxylic acids is 1. The Balaban J connectivity index is 2.02. The van der Waals surface area contributed by atoms with Gasteiger partial charge in [0.1, 0.15) is 0 Å². The van der Waals surface area contributed by atoms with Crippen LogP contribution in [-0.2, 0) is 0 Å². The van der Waals surface area contributed by atoms with Crippen molar-refractivity contribution in [1.82, 2.24) is 4.90 Å². The monoisotopic (exact) mass is 276 g/mol. The number of nitrogens with zero attached hydrogens (tertiary/aromatic N) is 2. The Kier molecular flexibility index (Phi) is 4.65. The van der Waals surface area contributed by atoms with Gasteiger partial charge < -0.3 is 10.0 Å². The quantitative estimate of drug-likeness (QED) is 0.917. The molecule has 0 saturated carbocycles. The van der Waals surface area contributed by atoms with Crippen molar-refractivity contribution >= 4 is 11.7 Å². The van der Waals surface area contributed by atoms with E-state index in [2.05, 4.69) is 23.6 Å². The van der Waals surface area contributed by atoms with Gasteiger partial charge in [-0.3, -0.25) is 4.90 Å². The number of carbonyl (C=O) groups is 1. The first-order valence-electron chi connectivity index (χ1n) is 7.28. The van der Waals surface area contributed by atoms with E-state index >= 15 is 0 Å². The van der Waals surface area contributed by atoms with Crippen LogP contribution in [0.4, 0.5) is 5.69 Å². The van der Waals surface area contributed by atoms with Crippen molar-refractivity contribution in [2.24, 2.45) is 5.92 Å². The first kappa shape index (κ1) is 14.9. The first-order valence-corrected chi connectivity index (χ1v) is 7.28. The lowest BCUT2D eigenvalue weighted by atomic mass is 10.1. The topological polar surface area (TPSA) is 43.8 Å². The molecule has 1 N–H and O–H groups in total. The van der Waals surface area contributed by atoms with Gasteiger partial charge in [0.2, 0.25) is 0 Å². The molecule has 4 nitrogen and oxygen atoms in total. The second-order valence-electron chi connectivity index (χ2n) is 5.99. The van der Waals surface area contributed by atoms with Crippen LogP contribution < -0.4 is 4.90 Å². The third-order valence-corrected chi connectivity index (χ3v) is 3.78. The van der Waals surface area contributed by atoms with Crippen molar-refractivity contribution in [2.75, 3.05) is 37.6 Å². The van der Waals surface area contributed by atoms with Gasteiger partial charge in [0, 0.05) is 38.4 Å². The minimum atomic E-state index is -0.860. The van der Waals surface area contributed by atoms with Crippen LogP contribution in [0.2, 0.25) is 0 Å². The summed E-state index contributed by atoms with van der Waals surface area (Å²) >= 11 is 0. The SMILES string of the molecule is Cc1cc(C(=O)O)ccc1N1CCN(CC(C)C)CC1. The van der Waals surface area contributed by atoms with E-state index in [1.54, 1.807) is 12.1 Å². The Bertz CT molecular complexity index is 477. The van der Waals surface area contributed by atoms with Gasteiger partial charge in [-0.1, -0.05) is 13.8 Å². The number of carboxylic acid groups (broad SMARTS) is 1. The van der Waals surface area contributed by atoms with Gasteiger partial charge in [-0.2, -0.15) is 0 Å². The highest BCUT2D eigenvalue weighted by molar-refractivity contribution is 5.88. The molecule has 0 spiro atoms. The lowest BCUT2D eigenvalue weighted by Gasteiger charge is -2.37. The number of aryl methyl sites for hydroxylation is 1. The van der Waals surface area contributed by atoms with E-state index in [0.717, 1.165) is 38.3 Å². The van der Waals surface area contributed by atoms with Gasteiger partial charge >= 0.3 is 5.97 Å². The third kappa shape index (κ3) is 3.51. The molecule has 1 aliphatic heterocycles. The Morgan fingerprint density at radius 1 is 1.25 bits per heavy atom. The maximum Gasteiger partial charge on any atom is 0.335 e. The molecule has 0 bridgehead atoms. The Hall–Kier alpha value is -1.55. The highest BCUT2D eigenvalue weighted by atomic mass is 16.4. The molecule has 0 atom stereocenters. The van der Waals surface area contributed by atoms with Crippen molar-refractivity contribution in [1.29, 1.82) is 0 Å². The number of piperazine rings is 1. The molecule has 0 aromatic heterocycles. The summed E-state index contributed by atoms with van der Waals surface area (Å²) in [5.74, 6) is -0.153. The van der Waals surface area contributed by atoms with Gasteiger partial charge in [0.05, 0.1) is 5.56 Å². The third-order valence-electron chi connectivity index (χ3n) is 3.78. The number of anilines is 1. The van der Waals surface area contributed by atoms with Crippen molar-refractivity contribution in [3.63, 3.8) is 0 Å². The van der Waals surface area contributed by atoms with Crippen LogP contribution in [0.1, 0.15) is 29.8 Å². The Labute approximate surface area is 121 Å². The molecule has 20 heavy (non-hydrogen) atoms. The summed E-state index contributed by atoms with van der Waals surface area (Å²) in [6, 6.07) is 5.40. The van der Waals surface area contributed by atoms with Crippen molar-refractivity contribution in [3.8, 4) is 0 Å². The molecule has 1 saturated heterocycles. The van der Waals surface area contributed by atoms with Gasteiger partial charge in [-0.25, -0.2) is 4.79 Å². The van der Waals surface area contributed by atoms with Gasteiger partial charge in [0.25, 0.3) is 0 Å². The molecule has 2 rings (SSSR count). The van der Waals surface area contributed by atoms with Gasteiger partial charge in [0.15, 0.2) is 0 Å². The number of benzene rings is 1. The summed E-state index contributed by atoms with van der Waals surface area (Å²) in [5.41, 5.74) is 2.58. The zero-order valence-electron chi connectivity index (χ0n) is 12.6. The molecule has 1 fully saturated rings. The van der Waals surface area contributed by atoms with Crippen LogP contribution in [0.25, 0.3) is 0 Å². The lowest BCUT2D eigenvalue weighted by Crippen LogP contribution is -2.47. The molecule has 110 valence electrons. The molecule has 0 radical (unpaired) electrons. The smallest absolute Gasteiger partial charge is 0.335 e. The summed E-state index contributed by atoms with van der Waals surface area (Å²) in [5, 5.41) is 9.01.